The van der Waals surface area contributed by atoms with Crippen LogP contribution in [-0.4, -0.2) is 42.5 Å². The third-order valence-corrected chi connectivity index (χ3v) is 5.30. The van der Waals surface area contributed by atoms with Gasteiger partial charge in [0.15, 0.2) is 5.82 Å². The Balaban J connectivity index is 1.39. The van der Waals surface area contributed by atoms with Gasteiger partial charge in [-0.2, -0.15) is 13.2 Å². The quantitative estimate of drug-likeness (QED) is 0.533. The Kier molecular flexibility index (Phi) is 6.66. The Morgan fingerprint density at radius 1 is 0.970 bits per heavy atom. The van der Waals surface area contributed by atoms with E-state index in [4.69, 9.17) is 16.3 Å². The fraction of sp³-hybridized carbons (Fsp3) is 0.227. The summed E-state index contributed by atoms with van der Waals surface area (Å²) in [6, 6.07) is 12.6. The largest absolute Gasteiger partial charge is 0.416 e. The first kappa shape index (κ1) is 22.8. The molecule has 11 heteroatoms. The van der Waals surface area contributed by atoms with Crippen LogP contribution in [0.25, 0.3) is 11.3 Å². The highest BCUT2D eigenvalue weighted by molar-refractivity contribution is 6.33. The van der Waals surface area contributed by atoms with E-state index < -0.39 is 17.8 Å². The van der Waals surface area contributed by atoms with Crippen LogP contribution in [0, 0.1) is 0 Å². The van der Waals surface area contributed by atoms with Gasteiger partial charge in [0.05, 0.1) is 35.2 Å². The number of anilines is 3. The van der Waals surface area contributed by atoms with E-state index >= 15 is 0 Å². The molecule has 0 bridgehead atoms. The van der Waals surface area contributed by atoms with Crippen LogP contribution in [0.2, 0.25) is 5.02 Å². The fourth-order valence-corrected chi connectivity index (χ4v) is 3.41. The summed E-state index contributed by atoms with van der Waals surface area (Å²) < 4.78 is 44.0. The summed E-state index contributed by atoms with van der Waals surface area (Å²) in [4.78, 5) is 14.3. The van der Waals surface area contributed by atoms with Crippen molar-refractivity contribution in [3.8, 4) is 11.3 Å². The topological polar surface area (TPSA) is 79.4 Å². The minimum Gasteiger partial charge on any atom is -0.378 e. The van der Waals surface area contributed by atoms with Crippen molar-refractivity contribution in [2.75, 3.05) is 41.8 Å². The summed E-state index contributed by atoms with van der Waals surface area (Å²) in [5, 5.41) is 13.4. The minimum absolute atomic E-state index is 0.00685. The Labute approximate surface area is 192 Å². The zero-order chi connectivity index (χ0) is 23.4. The number of halogens is 4. The molecule has 3 aromatic rings. The number of carbonyl (C=O) groups is 1. The second-order valence-corrected chi connectivity index (χ2v) is 7.63. The van der Waals surface area contributed by atoms with Crippen LogP contribution < -0.4 is 15.5 Å². The molecule has 33 heavy (non-hydrogen) atoms. The summed E-state index contributed by atoms with van der Waals surface area (Å²) >= 11 is 5.91. The first-order valence-corrected chi connectivity index (χ1v) is 10.4. The van der Waals surface area contributed by atoms with E-state index in [-0.39, 0.29) is 10.7 Å². The lowest BCUT2D eigenvalue weighted by molar-refractivity contribution is -0.137. The zero-order valence-electron chi connectivity index (χ0n) is 17.2. The summed E-state index contributed by atoms with van der Waals surface area (Å²) in [5.41, 5.74) is 0.849. The van der Waals surface area contributed by atoms with Crippen LogP contribution in [0.5, 0.6) is 0 Å². The summed E-state index contributed by atoms with van der Waals surface area (Å²) in [5.74, 6) is 0.783. The number of ether oxygens (including phenoxy) is 1. The smallest absolute Gasteiger partial charge is 0.378 e. The van der Waals surface area contributed by atoms with Crippen LogP contribution in [-0.2, 0) is 10.9 Å². The van der Waals surface area contributed by atoms with E-state index in [2.05, 4.69) is 25.7 Å². The maximum absolute atomic E-state index is 12.9. The monoisotopic (exact) mass is 477 g/mol. The molecule has 0 spiro atoms. The van der Waals surface area contributed by atoms with Crippen molar-refractivity contribution in [2.24, 2.45) is 0 Å². The highest BCUT2D eigenvalue weighted by Gasteiger charge is 2.31. The van der Waals surface area contributed by atoms with E-state index in [1.807, 2.05) is 12.1 Å². The first-order chi connectivity index (χ1) is 15.8. The lowest BCUT2D eigenvalue weighted by Crippen LogP contribution is -2.36. The number of nitrogens with zero attached hydrogens (tertiary/aromatic N) is 3. The number of carbonyl (C=O) groups excluding carboxylic acids is 1. The lowest BCUT2D eigenvalue weighted by atomic mass is 10.1. The molecule has 1 aliphatic heterocycles. The predicted molar refractivity (Wildman–Crippen MR) is 120 cm³/mol. The molecule has 1 saturated heterocycles. The maximum atomic E-state index is 12.9. The van der Waals surface area contributed by atoms with E-state index in [0.717, 1.165) is 42.7 Å². The van der Waals surface area contributed by atoms with Crippen molar-refractivity contribution in [1.29, 1.82) is 0 Å². The van der Waals surface area contributed by atoms with Crippen molar-refractivity contribution in [3.05, 3.63) is 65.2 Å². The minimum atomic E-state index is -4.55. The number of hydrogen-bond acceptors (Lipinski definition) is 5. The Morgan fingerprint density at radius 3 is 2.33 bits per heavy atom. The van der Waals surface area contributed by atoms with Gasteiger partial charge >= 0.3 is 12.2 Å². The molecular weight excluding hydrogens is 459 g/mol. The van der Waals surface area contributed by atoms with Crippen LogP contribution in [0.15, 0.2) is 54.6 Å². The molecule has 2 heterocycles. The van der Waals surface area contributed by atoms with Gasteiger partial charge in [0.2, 0.25) is 0 Å². The maximum Gasteiger partial charge on any atom is 0.416 e. The Morgan fingerprint density at radius 2 is 1.70 bits per heavy atom. The second-order valence-electron chi connectivity index (χ2n) is 7.23. The average Bonchev–Trinajstić information content (AvgIpc) is 2.81. The number of nitrogens with one attached hydrogen (secondary N) is 2. The molecule has 0 unspecified atom stereocenters. The molecule has 2 amide bonds. The van der Waals surface area contributed by atoms with Gasteiger partial charge in [0.1, 0.15) is 0 Å². The van der Waals surface area contributed by atoms with Crippen molar-refractivity contribution in [3.63, 3.8) is 0 Å². The second kappa shape index (κ2) is 9.63. The van der Waals surface area contributed by atoms with Gasteiger partial charge in [-0.05, 0) is 42.5 Å². The van der Waals surface area contributed by atoms with E-state index in [9.17, 15) is 18.0 Å². The van der Waals surface area contributed by atoms with Crippen molar-refractivity contribution < 1.29 is 22.7 Å². The number of rotatable bonds is 4. The van der Waals surface area contributed by atoms with Gasteiger partial charge in [-0.1, -0.05) is 23.7 Å². The predicted octanol–water partition coefficient (Wildman–Crippen LogP) is 5.30. The van der Waals surface area contributed by atoms with Gasteiger partial charge in [-0.15, -0.1) is 10.2 Å². The number of alkyl halides is 3. The number of benzene rings is 2. The molecular formula is C22H19ClF3N5O2. The van der Waals surface area contributed by atoms with Gasteiger partial charge in [-0.3, -0.25) is 0 Å². The highest BCUT2D eigenvalue weighted by Crippen LogP contribution is 2.34. The number of amides is 2. The number of morpholine rings is 1. The third kappa shape index (κ3) is 5.71. The van der Waals surface area contributed by atoms with E-state index in [0.29, 0.717) is 24.6 Å². The van der Waals surface area contributed by atoms with E-state index in [1.54, 1.807) is 24.3 Å². The third-order valence-electron chi connectivity index (χ3n) is 4.97. The van der Waals surface area contributed by atoms with Crippen molar-refractivity contribution >= 4 is 34.8 Å². The van der Waals surface area contributed by atoms with Gasteiger partial charge in [0.25, 0.3) is 0 Å². The summed E-state index contributed by atoms with van der Waals surface area (Å²) in [6.07, 6.45) is -4.55. The number of hydrogen-bond donors (Lipinski definition) is 2. The van der Waals surface area contributed by atoms with Gasteiger partial charge < -0.3 is 20.3 Å². The van der Waals surface area contributed by atoms with Crippen LogP contribution in [0.4, 0.5) is 35.2 Å². The molecule has 1 aliphatic rings. The normalized spacial score (nSPS) is 14.1. The molecule has 1 fully saturated rings. The van der Waals surface area contributed by atoms with Crippen LogP contribution in [0.1, 0.15) is 5.56 Å². The molecule has 2 N–H and O–H groups in total. The number of urea groups is 1. The fourth-order valence-electron chi connectivity index (χ4n) is 3.25. The number of aromatic nitrogens is 2. The molecule has 4 rings (SSSR count). The molecule has 0 saturated carbocycles. The molecule has 2 aromatic carbocycles. The van der Waals surface area contributed by atoms with Crippen LogP contribution in [0.3, 0.4) is 0 Å². The summed E-state index contributed by atoms with van der Waals surface area (Å²) in [7, 11) is 0. The SMILES string of the molecule is O=C(Nc1ccc(-c2ccc(N3CCOCC3)nn2)cc1)Nc1cc(C(F)(F)F)ccc1Cl. The van der Waals surface area contributed by atoms with Crippen LogP contribution >= 0.6 is 11.6 Å². The lowest BCUT2D eigenvalue weighted by Gasteiger charge is -2.27. The van der Waals surface area contributed by atoms with Gasteiger partial charge in [0, 0.05) is 24.3 Å². The molecule has 0 atom stereocenters. The zero-order valence-corrected chi connectivity index (χ0v) is 18.0. The molecule has 0 radical (unpaired) electrons. The first-order valence-electron chi connectivity index (χ1n) is 10.0. The van der Waals surface area contributed by atoms with Crippen molar-refractivity contribution in [2.45, 2.75) is 6.18 Å². The van der Waals surface area contributed by atoms with Crippen molar-refractivity contribution in [1.82, 2.24) is 10.2 Å². The van der Waals surface area contributed by atoms with Gasteiger partial charge in [-0.25, -0.2) is 4.79 Å². The van der Waals surface area contributed by atoms with E-state index in [1.165, 1.54) is 0 Å². The molecule has 0 aliphatic carbocycles. The Bertz CT molecular complexity index is 1120. The average molecular weight is 478 g/mol. The molecule has 7 nitrogen and oxygen atoms in total. The highest BCUT2D eigenvalue weighted by atomic mass is 35.5. The standard InChI is InChI=1S/C22H19ClF3N5O2/c23-17-6-3-15(22(24,25)26)13-19(17)28-21(32)27-16-4-1-14(2-5-16)18-7-8-20(30-29-18)31-9-11-33-12-10-31/h1-8,13H,9-12H2,(H2,27,28,32). The molecule has 1 aromatic heterocycles. The molecule has 172 valence electrons. The Hall–Kier alpha value is -3.37. The summed E-state index contributed by atoms with van der Waals surface area (Å²) in [6.45, 7) is 2.85.